The maximum Gasteiger partial charge on any atom is 0.330 e. The van der Waals surface area contributed by atoms with Crippen molar-refractivity contribution in [3.63, 3.8) is 0 Å². The van der Waals surface area contributed by atoms with Crippen LogP contribution in [0.5, 0.6) is 0 Å². The number of benzene rings is 1. The summed E-state index contributed by atoms with van der Waals surface area (Å²) < 4.78 is 0. The number of carbonyl (C=O) groups excluding carboxylic acids is 1. The maximum absolute atomic E-state index is 12.3. The molecule has 0 unspecified atom stereocenters. The number of aliphatic carboxylic acids is 1. The first-order valence-electron chi connectivity index (χ1n) is 6.85. The normalized spacial score (nSPS) is 14.5. The van der Waals surface area contributed by atoms with E-state index in [9.17, 15) is 14.7 Å². The highest BCUT2D eigenvalue weighted by atomic mass is 32.1. The third kappa shape index (κ3) is 2.83. The predicted octanol–water partition coefficient (Wildman–Crippen LogP) is 2.79. The molecule has 1 aliphatic rings. The Morgan fingerprint density at radius 2 is 1.95 bits per heavy atom. The summed E-state index contributed by atoms with van der Waals surface area (Å²) in [5.41, 5.74) is 1.80. The topological polar surface area (TPSA) is 66.4 Å². The van der Waals surface area contributed by atoms with Gasteiger partial charge in [-0.1, -0.05) is 30.3 Å². The minimum absolute atomic E-state index is 0.314. The first kappa shape index (κ1) is 13.8. The lowest BCUT2D eigenvalue weighted by molar-refractivity contribution is -0.139. The highest BCUT2D eigenvalue weighted by Gasteiger charge is 2.24. The molecule has 4 nitrogen and oxygen atoms in total. The Morgan fingerprint density at radius 3 is 2.62 bits per heavy atom. The lowest BCUT2D eigenvalue weighted by atomic mass is 10.1. The number of amides is 1. The highest BCUT2D eigenvalue weighted by molar-refractivity contribution is 7.14. The van der Waals surface area contributed by atoms with Crippen LogP contribution in [0.4, 0.5) is 0 Å². The number of fused-ring (bicyclic) bond motifs is 1. The number of carbonyl (C=O) groups is 2. The van der Waals surface area contributed by atoms with Gasteiger partial charge in [0.2, 0.25) is 0 Å². The zero-order chi connectivity index (χ0) is 14.8. The summed E-state index contributed by atoms with van der Waals surface area (Å²) in [5, 5.41) is 11.9. The summed E-state index contributed by atoms with van der Waals surface area (Å²) >= 11 is 1.47. The minimum Gasteiger partial charge on any atom is -0.479 e. The van der Waals surface area contributed by atoms with E-state index in [-0.39, 0.29) is 5.91 Å². The number of carboxylic acid groups (broad SMARTS) is 1. The van der Waals surface area contributed by atoms with Crippen LogP contribution >= 0.6 is 11.3 Å². The van der Waals surface area contributed by atoms with Crippen LogP contribution < -0.4 is 5.32 Å². The minimum atomic E-state index is -1.06. The average molecular weight is 301 g/mol. The second kappa shape index (κ2) is 5.69. The molecule has 1 aromatic heterocycles. The van der Waals surface area contributed by atoms with Crippen LogP contribution in [0.1, 0.15) is 38.1 Å². The zero-order valence-electron chi connectivity index (χ0n) is 11.3. The molecule has 2 N–H and O–H groups in total. The first-order valence-corrected chi connectivity index (χ1v) is 7.67. The van der Waals surface area contributed by atoms with Crippen LogP contribution in [0.2, 0.25) is 0 Å². The van der Waals surface area contributed by atoms with Crippen LogP contribution in [0.25, 0.3) is 0 Å². The lowest BCUT2D eigenvalue weighted by Crippen LogP contribution is -2.33. The Labute approximate surface area is 126 Å². The van der Waals surface area contributed by atoms with Crippen LogP contribution in [0.15, 0.2) is 36.4 Å². The second-order valence-electron chi connectivity index (χ2n) is 5.07. The fourth-order valence-corrected chi connectivity index (χ4v) is 3.73. The van der Waals surface area contributed by atoms with Gasteiger partial charge in [0, 0.05) is 4.88 Å². The Bertz CT molecular complexity index is 657. The molecule has 0 saturated heterocycles. The van der Waals surface area contributed by atoms with Crippen LogP contribution in [0.3, 0.4) is 0 Å². The molecule has 0 spiro atoms. The largest absolute Gasteiger partial charge is 0.479 e. The van der Waals surface area contributed by atoms with Gasteiger partial charge in [-0.2, -0.15) is 0 Å². The zero-order valence-corrected chi connectivity index (χ0v) is 12.2. The van der Waals surface area contributed by atoms with Crippen LogP contribution in [-0.4, -0.2) is 17.0 Å². The fraction of sp³-hybridized carbons (Fsp3) is 0.250. The fourth-order valence-electron chi connectivity index (χ4n) is 2.58. The molecule has 1 heterocycles. The van der Waals surface area contributed by atoms with E-state index in [0.717, 1.165) is 19.3 Å². The van der Waals surface area contributed by atoms with E-state index in [1.54, 1.807) is 24.3 Å². The van der Waals surface area contributed by atoms with Gasteiger partial charge in [-0.3, -0.25) is 4.79 Å². The molecule has 0 bridgehead atoms. The van der Waals surface area contributed by atoms with Gasteiger partial charge in [0.15, 0.2) is 6.04 Å². The summed E-state index contributed by atoms with van der Waals surface area (Å²) in [5.74, 6) is -1.37. The van der Waals surface area contributed by atoms with Crippen molar-refractivity contribution in [3.05, 3.63) is 57.3 Å². The number of carboxylic acids is 1. The molecule has 0 radical (unpaired) electrons. The second-order valence-corrected chi connectivity index (χ2v) is 6.20. The molecule has 5 heteroatoms. The van der Waals surface area contributed by atoms with Crippen molar-refractivity contribution >= 4 is 23.2 Å². The molecule has 2 aromatic rings. The molecule has 108 valence electrons. The molecule has 1 atom stereocenters. The number of thiophene rings is 1. The average Bonchev–Trinajstić information content (AvgIpc) is 3.06. The molecular formula is C16H15NO3S. The molecule has 3 rings (SSSR count). The van der Waals surface area contributed by atoms with Gasteiger partial charge in [-0.25, -0.2) is 4.79 Å². The van der Waals surface area contributed by atoms with Crippen molar-refractivity contribution in [2.45, 2.75) is 25.3 Å². The van der Waals surface area contributed by atoms with Gasteiger partial charge >= 0.3 is 5.97 Å². The van der Waals surface area contributed by atoms with Crippen molar-refractivity contribution in [1.29, 1.82) is 0 Å². The summed E-state index contributed by atoms with van der Waals surface area (Å²) in [6.45, 7) is 0. The predicted molar refractivity (Wildman–Crippen MR) is 80.6 cm³/mol. The Hall–Kier alpha value is -2.14. The number of rotatable bonds is 4. The van der Waals surface area contributed by atoms with Crippen LogP contribution in [0, 0.1) is 0 Å². The third-order valence-electron chi connectivity index (χ3n) is 3.63. The number of aryl methyl sites for hydroxylation is 2. The number of hydrogen-bond donors (Lipinski definition) is 2. The number of hydrogen-bond acceptors (Lipinski definition) is 3. The van der Waals surface area contributed by atoms with Gasteiger partial charge in [0.05, 0.1) is 4.88 Å². The van der Waals surface area contributed by atoms with Gasteiger partial charge in [-0.05, 0) is 36.5 Å². The summed E-state index contributed by atoms with van der Waals surface area (Å²) in [7, 11) is 0. The Morgan fingerprint density at radius 1 is 1.19 bits per heavy atom. The Balaban J connectivity index is 1.79. The molecule has 1 aliphatic carbocycles. The molecule has 0 fully saturated rings. The van der Waals surface area contributed by atoms with Crippen molar-refractivity contribution in [3.8, 4) is 0 Å². The lowest BCUT2D eigenvalue weighted by Gasteiger charge is -2.14. The van der Waals surface area contributed by atoms with Crippen molar-refractivity contribution < 1.29 is 14.7 Å². The van der Waals surface area contributed by atoms with Gasteiger partial charge in [0.25, 0.3) is 5.91 Å². The van der Waals surface area contributed by atoms with E-state index in [0.29, 0.717) is 10.4 Å². The molecule has 0 aliphatic heterocycles. The standard InChI is InChI=1S/C16H15NO3S/c18-15(13-9-11-7-4-8-12(11)21-13)17-14(16(19)20)10-5-2-1-3-6-10/h1-3,5-6,9,14H,4,7-8H2,(H,17,18)(H,19,20)/t14-/m0/s1. The maximum atomic E-state index is 12.3. The molecular weight excluding hydrogens is 286 g/mol. The van der Waals surface area contributed by atoms with E-state index in [4.69, 9.17) is 0 Å². The van der Waals surface area contributed by atoms with E-state index in [1.165, 1.54) is 21.8 Å². The smallest absolute Gasteiger partial charge is 0.330 e. The first-order chi connectivity index (χ1) is 10.1. The van der Waals surface area contributed by atoms with Crippen molar-refractivity contribution in [1.82, 2.24) is 5.32 Å². The van der Waals surface area contributed by atoms with Crippen molar-refractivity contribution in [2.75, 3.05) is 0 Å². The monoisotopic (exact) mass is 301 g/mol. The Kier molecular flexibility index (Phi) is 3.75. The highest BCUT2D eigenvalue weighted by Crippen LogP contribution is 2.30. The van der Waals surface area contributed by atoms with Crippen LogP contribution in [-0.2, 0) is 17.6 Å². The van der Waals surface area contributed by atoms with Crippen molar-refractivity contribution in [2.24, 2.45) is 0 Å². The van der Waals surface area contributed by atoms with E-state index in [2.05, 4.69) is 5.32 Å². The van der Waals surface area contributed by atoms with Gasteiger partial charge < -0.3 is 10.4 Å². The van der Waals surface area contributed by atoms with Gasteiger partial charge in [0.1, 0.15) is 0 Å². The summed E-state index contributed by atoms with van der Waals surface area (Å²) in [4.78, 5) is 25.5. The third-order valence-corrected chi connectivity index (χ3v) is 4.86. The van der Waals surface area contributed by atoms with Gasteiger partial charge in [-0.15, -0.1) is 11.3 Å². The SMILES string of the molecule is O=C(N[C@H](C(=O)O)c1ccccc1)c1cc2c(s1)CCC2. The molecule has 1 aromatic carbocycles. The quantitative estimate of drug-likeness (QED) is 0.912. The van der Waals surface area contributed by atoms with E-state index >= 15 is 0 Å². The number of nitrogens with one attached hydrogen (secondary N) is 1. The molecule has 0 saturated carbocycles. The molecule has 21 heavy (non-hydrogen) atoms. The molecule has 1 amide bonds. The summed E-state index contributed by atoms with van der Waals surface area (Å²) in [6, 6.07) is 9.62. The summed E-state index contributed by atoms with van der Waals surface area (Å²) in [6.07, 6.45) is 3.18. The van der Waals surface area contributed by atoms with E-state index < -0.39 is 12.0 Å². The van der Waals surface area contributed by atoms with E-state index in [1.807, 2.05) is 12.1 Å².